The average Bonchev–Trinajstić information content (AvgIpc) is 3.54. The maximum Gasteiger partial charge on any atom is 0.272 e. The van der Waals surface area contributed by atoms with E-state index in [-0.39, 0.29) is 36.0 Å². The van der Waals surface area contributed by atoms with Crippen molar-refractivity contribution in [3.63, 3.8) is 0 Å². The Balaban J connectivity index is 1.43. The number of non-ortho nitro benzene ring substituents is 2. The van der Waals surface area contributed by atoms with Crippen LogP contribution in [0, 0.1) is 20.2 Å². The summed E-state index contributed by atoms with van der Waals surface area (Å²) in [5.74, 6) is 1.16. The highest BCUT2D eigenvalue weighted by atomic mass is 35.5. The molecule has 0 amide bonds. The maximum absolute atomic E-state index is 11.1. The van der Waals surface area contributed by atoms with Crippen molar-refractivity contribution in [1.29, 1.82) is 0 Å². The van der Waals surface area contributed by atoms with E-state index in [4.69, 9.17) is 23.2 Å². The van der Waals surface area contributed by atoms with Crippen LogP contribution in [0.4, 0.5) is 11.4 Å². The van der Waals surface area contributed by atoms with Gasteiger partial charge in [0, 0.05) is 35.4 Å². The Morgan fingerprint density at radius 3 is 1.53 bits per heavy atom. The first kappa shape index (κ1) is 26.9. The Labute approximate surface area is 226 Å². The summed E-state index contributed by atoms with van der Waals surface area (Å²) in [6.07, 6.45) is 7.73. The SMILES string of the molecule is O=[N+]([O-])c1ccc(O)c(C[n+]2cc[nH]c2C(Cl)CCC(Cl)c2[nH]cc[n+]2Cc2cc([N+](=O)[O-])ccc2O)c1. The monoisotopic (exact) mass is 562 g/mol. The Morgan fingerprint density at radius 2 is 1.16 bits per heavy atom. The molecule has 4 N–H and O–H groups in total. The lowest BCUT2D eigenvalue weighted by Gasteiger charge is -2.11. The van der Waals surface area contributed by atoms with Gasteiger partial charge >= 0.3 is 0 Å². The number of halogens is 2. The van der Waals surface area contributed by atoms with E-state index in [0.717, 1.165) is 0 Å². The van der Waals surface area contributed by atoms with Gasteiger partial charge in [-0.25, -0.2) is 19.1 Å². The summed E-state index contributed by atoms with van der Waals surface area (Å²) in [5.41, 5.74) is 0.503. The topological polar surface area (TPSA) is 166 Å². The van der Waals surface area contributed by atoms with Crippen molar-refractivity contribution in [2.24, 2.45) is 0 Å². The van der Waals surface area contributed by atoms with Crippen LogP contribution in [0.15, 0.2) is 61.2 Å². The van der Waals surface area contributed by atoms with Crippen molar-refractivity contribution in [1.82, 2.24) is 9.97 Å². The number of alkyl halides is 2. The Kier molecular flexibility index (Phi) is 8.13. The number of rotatable bonds is 11. The molecule has 0 fully saturated rings. The van der Waals surface area contributed by atoms with Crippen LogP contribution < -0.4 is 9.13 Å². The number of nitro groups is 2. The van der Waals surface area contributed by atoms with Gasteiger partial charge in [-0.3, -0.25) is 20.2 Å². The smallest absolute Gasteiger partial charge is 0.272 e. The van der Waals surface area contributed by atoms with Crippen LogP contribution in [-0.4, -0.2) is 30.0 Å². The lowest BCUT2D eigenvalue weighted by atomic mass is 10.1. The molecule has 4 rings (SSSR count). The van der Waals surface area contributed by atoms with Crippen LogP contribution in [0.1, 0.15) is 46.4 Å². The number of hydrogen-bond donors (Lipinski definition) is 4. The minimum Gasteiger partial charge on any atom is -0.508 e. The van der Waals surface area contributed by atoms with Crippen LogP contribution in [-0.2, 0) is 13.1 Å². The molecule has 0 aliphatic carbocycles. The molecule has 198 valence electrons. The first-order valence-corrected chi connectivity index (χ1v) is 12.4. The van der Waals surface area contributed by atoms with Gasteiger partial charge in [-0.05, 0) is 25.0 Å². The van der Waals surface area contributed by atoms with Crippen LogP contribution in [0.2, 0.25) is 0 Å². The zero-order chi connectivity index (χ0) is 27.4. The second kappa shape index (κ2) is 11.5. The number of phenolic OH excluding ortho intramolecular Hbond substituents is 2. The van der Waals surface area contributed by atoms with Crippen molar-refractivity contribution >= 4 is 34.6 Å². The number of nitrogens with one attached hydrogen (secondary N) is 2. The fraction of sp³-hybridized carbons (Fsp3) is 0.250. The lowest BCUT2D eigenvalue weighted by molar-refractivity contribution is -0.695. The first-order valence-electron chi connectivity index (χ1n) is 11.5. The van der Waals surface area contributed by atoms with Gasteiger partial charge in [-0.15, -0.1) is 23.2 Å². The number of aromatic amines is 2. The van der Waals surface area contributed by atoms with Crippen molar-refractivity contribution in [2.75, 3.05) is 0 Å². The van der Waals surface area contributed by atoms with E-state index in [1.165, 1.54) is 36.4 Å². The highest BCUT2D eigenvalue weighted by Crippen LogP contribution is 2.31. The zero-order valence-electron chi connectivity index (χ0n) is 19.8. The van der Waals surface area contributed by atoms with Crippen LogP contribution in [0.25, 0.3) is 0 Å². The van der Waals surface area contributed by atoms with Crippen molar-refractivity contribution in [3.8, 4) is 11.5 Å². The standard InChI is InChI=1S/C24H22Cl2N6O6/c25-19(23-27-7-9-29(23)13-15-11-17(31(35)36)1-5-21(15)33)3-4-20(26)24-28-8-10-30(24)14-16-12-18(32(37)38)2-6-22(16)34/h1-2,5-12,19-20,33-34H,3-4,13-14H2/p+2. The van der Waals surface area contributed by atoms with E-state index in [1.807, 2.05) is 0 Å². The van der Waals surface area contributed by atoms with Gasteiger partial charge in [0.15, 0.2) is 0 Å². The van der Waals surface area contributed by atoms with E-state index in [0.29, 0.717) is 35.6 Å². The van der Waals surface area contributed by atoms with Gasteiger partial charge < -0.3 is 10.2 Å². The summed E-state index contributed by atoms with van der Waals surface area (Å²) in [4.78, 5) is 27.3. The first-order chi connectivity index (χ1) is 18.1. The number of nitro benzene ring substituents is 2. The van der Waals surface area contributed by atoms with E-state index in [9.17, 15) is 30.4 Å². The second-order valence-corrected chi connectivity index (χ2v) is 9.65. The predicted molar refractivity (Wildman–Crippen MR) is 136 cm³/mol. The normalized spacial score (nSPS) is 12.8. The number of benzene rings is 2. The molecule has 2 atom stereocenters. The van der Waals surface area contributed by atoms with Gasteiger partial charge in [0.25, 0.3) is 23.0 Å². The quantitative estimate of drug-likeness (QED) is 0.0920. The molecule has 0 radical (unpaired) electrons. The molecule has 2 aromatic heterocycles. The highest BCUT2D eigenvalue weighted by molar-refractivity contribution is 6.21. The molecular formula is C24H24Cl2N6O6+2. The summed E-state index contributed by atoms with van der Waals surface area (Å²) in [7, 11) is 0. The minimum atomic E-state index is -0.524. The molecule has 0 aliphatic rings. The van der Waals surface area contributed by atoms with E-state index < -0.39 is 20.6 Å². The fourth-order valence-corrected chi connectivity index (χ4v) is 4.75. The third kappa shape index (κ3) is 6.03. The molecule has 4 aromatic rings. The van der Waals surface area contributed by atoms with Crippen LogP contribution >= 0.6 is 23.2 Å². The molecule has 0 saturated carbocycles. The van der Waals surface area contributed by atoms with Gasteiger partial charge in [-0.2, -0.15) is 0 Å². The minimum absolute atomic E-state index is 0.0618. The van der Waals surface area contributed by atoms with Crippen molar-refractivity contribution in [2.45, 2.75) is 36.7 Å². The van der Waals surface area contributed by atoms with Gasteiger partial charge in [0.05, 0.1) is 9.85 Å². The molecule has 2 unspecified atom stereocenters. The lowest BCUT2D eigenvalue weighted by Crippen LogP contribution is -2.38. The Bertz CT molecular complexity index is 1360. The summed E-state index contributed by atoms with van der Waals surface area (Å²) in [5, 5.41) is 41.6. The molecular weight excluding hydrogens is 539 g/mol. The summed E-state index contributed by atoms with van der Waals surface area (Å²) in [6, 6.07) is 7.69. The molecule has 14 heteroatoms. The third-order valence-corrected chi connectivity index (χ3v) is 6.94. The summed E-state index contributed by atoms with van der Waals surface area (Å²) in [6.45, 7) is 0.340. The molecule has 2 aromatic carbocycles. The molecule has 0 bridgehead atoms. The number of aromatic hydroxyl groups is 2. The fourth-order valence-electron chi connectivity index (χ4n) is 4.13. The van der Waals surface area contributed by atoms with Gasteiger partial charge in [0.2, 0.25) is 0 Å². The average molecular weight is 563 g/mol. The summed E-state index contributed by atoms with van der Waals surface area (Å²) >= 11 is 13.4. The Morgan fingerprint density at radius 1 is 0.763 bits per heavy atom. The van der Waals surface area contributed by atoms with E-state index in [2.05, 4.69) is 9.97 Å². The molecule has 38 heavy (non-hydrogen) atoms. The molecule has 0 saturated heterocycles. The number of imidazole rings is 2. The predicted octanol–water partition coefficient (Wildman–Crippen LogP) is 4.28. The molecule has 0 spiro atoms. The molecule has 0 aliphatic heterocycles. The molecule has 2 heterocycles. The number of aromatic nitrogens is 4. The molecule has 12 nitrogen and oxygen atoms in total. The number of hydrogen-bond acceptors (Lipinski definition) is 6. The zero-order valence-corrected chi connectivity index (χ0v) is 21.3. The van der Waals surface area contributed by atoms with Crippen LogP contribution in [0.3, 0.4) is 0 Å². The number of nitrogens with zero attached hydrogens (tertiary/aromatic N) is 4. The van der Waals surface area contributed by atoms with E-state index >= 15 is 0 Å². The van der Waals surface area contributed by atoms with Crippen molar-refractivity contribution in [3.05, 3.63) is 104 Å². The summed E-state index contributed by atoms with van der Waals surface area (Å²) < 4.78 is 3.53. The largest absolute Gasteiger partial charge is 0.508 e. The Hall–Kier alpha value is -4.16. The number of phenols is 2. The van der Waals surface area contributed by atoms with E-state index in [1.54, 1.807) is 33.9 Å². The second-order valence-electron chi connectivity index (χ2n) is 8.60. The van der Waals surface area contributed by atoms with Gasteiger partial charge in [0.1, 0.15) is 60.1 Å². The highest BCUT2D eigenvalue weighted by Gasteiger charge is 2.27. The number of H-pyrrole nitrogens is 2. The van der Waals surface area contributed by atoms with Crippen molar-refractivity contribution < 1.29 is 29.2 Å². The van der Waals surface area contributed by atoms with Gasteiger partial charge in [-0.1, -0.05) is 0 Å². The maximum atomic E-state index is 11.1. The third-order valence-electron chi connectivity index (χ3n) is 6.09. The van der Waals surface area contributed by atoms with Crippen LogP contribution in [0.5, 0.6) is 11.5 Å².